The van der Waals surface area contributed by atoms with Crippen LogP contribution in [0.25, 0.3) is 0 Å². The van der Waals surface area contributed by atoms with Crippen LogP contribution in [-0.2, 0) is 17.9 Å². The molecule has 0 fully saturated rings. The number of hydrogen-bond donors (Lipinski definition) is 1. The zero-order chi connectivity index (χ0) is 19.8. The molecular weight excluding hydrogens is 354 g/mol. The fourth-order valence-corrected chi connectivity index (χ4v) is 2.65. The third-order valence-electron chi connectivity index (χ3n) is 4.17. The molecule has 28 heavy (non-hydrogen) atoms. The minimum absolute atomic E-state index is 0.216. The number of rotatable bonds is 7. The number of esters is 1. The van der Waals surface area contributed by atoms with E-state index in [4.69, 9.17) is 4.74 Å². The van der Waals surface area contributed by atoms with E-state index in [1.807, 2.05) is 54.6 Å². The standard InChI is InChI=1S/C23H21NO4/c1-27-23(26)20-12-10-19(11-13-20)22(25)24-15-18-8-5-9-21(14-18)28-16-17-6-3-2-4-7-17/h2-14H,15-16H2,1H3,(H,24,25). The van der Waals surface area contributed by atoms with E-state index < -0.39 is 5.97 Å². The van der Waals surface area contributed by atoms with Gasteiger partial charge in [0.05, 0.1) is 12.7 Å². The smallest absolute Gasteiger partial charge is 0.337 e. The number of nitrogens with one attached hydrogen (secondary N) is 1. The van der Waals surface area contributed by atoms with Crippen LogP contribution in [0.2, 0.25) is 0 Å². The summed E-state index contributed by atoms with van der Waals surface area (Å²) in [5.41, 5.74) is 2.91. The molecule has 0 radical (unpaired) electrons. The van der Waals surface area contributed by atoms with E-state index >= 15 is 0 Å². The van der Waals surface area contributed by atoms with Gasteiger partial charge in [-0.3, -0.25) is 4.79 Å². The van der Waals surface area contributed by atoms with Gasteiger partial charge in [-0.15, -0.1) is 0 Å². The molecule has 0 heterocycles. The second-order valence-electron chi connectivity index (χ2n) is 6.17. The molecule has 0 saturated heterocycles. The van der Waals surface area contributed by atoms with Gasteiger partial charge < -0.3 is 14.8 Å². The number of hydrogen-bond acceptors (Lipinski definition) is 4. The predicted octanol–water partition coefficient (Wildman–Crippen LogP) is 3.98. The van der Waals surface area contributed by atoms with Crippen LogP contribution in [0.3, 0.4) is 0 Å². The van der Waals surface area contributed by atoms with E-state index in [0.717, 1.165) is 16.9 Å². The maximum atomic E-state index is 12.3. The topological polar surface area (TPSA) is 64.6 Å². The highest BCUT2D eigenvalue weighted by molar-refractivity contribution is 5.96. The summed E-state index contributed by atoms with van der Waals surface area (Å²) in [7, 11) is 1.32. The van der Waals surface area contributed by atoms with E-state index in [9.17, 15) is 9.59 Å². The third-order valence-corrected chi connectivity index (χ3v) is 4.17. The average Bonchev–Trinajstić information content (AvgIpc) is 2.76. The highest BCUT2D eigenvalue weighted by Crippen LogP contribution is 2.15. The Morgan fingerprint density at radius 1 is 0.821 bits per heavy atom. The van der Waals surface area contributed by atoms with Crippen molar-refractivity contribution in [2.24, 2.45) is 0 Å². The molecule has 5 nitrogen and oxygen atoms in total. The lowest BCUT2D eigenvalue weighted by Crippen LogP contribution is -2.22. The molecule has 142 valence electrons. The Labute approximate surface area is 163 Å². The van der Waals surface area contributed by atoms with Crippen molar-refractivity contribution in [1.29, 1.82) is 0 Å². The Kier molecular flexibility index (Phi) is 6.41. The SMILES string of the molecule is COC(=O)c1ccc(C(=O)NCc2cccc(OCc3ccccc3)c2)cc1. The van der Waals surface area contributed by atoms with Gasteiger partial charge in [-0.1, -0.05) is 42.5 Å². The molecule has 0 atom stereocenters. The van der Waals surface area contributed by atoms with Gasteiger partial charge in [0, 0.05) is 12.1 Å². The summed E-state index contributed by atoms with van der Waals surface area (Å²) in [6.07, 6.45) is 0. The molecule has 0 aliphatic rings. The molecule has 1 amide bonds. The first-order valence-corrected chi connectivity index (χ1v) is 8.88. The summed E-state index contributed by atoms with van der Waals surface area (Å²) in [6, 6.07) is 23.9. The normalized spacial score (nSPS) is 10.2. The molecule has 0 unspecified atom stereocenters. The van der Waals surface area contributed by atoms with Gasteiger partial charge in [0.15, 0.2) is 0 Å². The Balaban J connectivity index is 1.55. The zero-order valence-electron chi connectivity index (χ0n) is 15.6. The highest BCUT2D eigenvalue weighted by atomic mass is 16.5. The maximum absolute atomic E-state index is 12.3. The number of carbonyl (C=O) groups excluding carboxylic acids is 2. The lowest BCUT2D eigenvalue weighted by atomic mass is 10.1. The lowest BCUT2D eigenvalue weighted by Gasteiger charge is -2.09. The van der Waals surface area contributed by atoms with E-state index in [-0.39, 0.29) is 5.91 Å². The Morgan fingerprint density at radius 2 is 1.50 bits per heavy atom. The highest BCUT2D eigenvalue weighted by Gasteiger charge is 2.09. The van der Waals surface area contributed by atoms with Crippen LogP contribution in [0.4, 0.5) is 0 Å². The second-order valence-corrected chi connectivity index (χ2v) is 6.17. The molecule has 0 saturated carbocycles. The minimum Gasteiger partial charge on any atom is -0.489 e. The van der Waals surface area contributed by atoms with Gasteiger partial charge in [-0.2, -0.15) is 0 Å². The average molecular weight is 375 g/mol. The summed E-state index contributed by atoms with van der Waals surface area (Å²) in [4.78, 5) is 23.8. The van der Waals surface area contributed by atoms with Gasteiger partial charge in [0.1, 0.15) is 12.4 Å². The van der Waals surface area contributed by atoms with Gasteiger partial charge in [-0.05, 0) is 47.5 Å². The van der Waals surface area contributed by atoms with Crippen LogP contribution in [0.1, 0.15) is 31.8 Å². The van der Waals surface area contributed by atoms with Crippen molar-refractivity contribution in [3.05, 3.63) is 101 Å². The van der Waals surface area contributed by atoms with Gasteiger partial charge in [0.25, 0.3) is 5.91 Å². The van der Waals surface area contributed by atoms with Crippen molar-refractivity contribution in [3.8, 4) is 5.75 Å². The first-order valence-electron chi connectivity index (χ1n) is 8.88. The minimum atomic E-state index is -0.431. The number of benzene rings is 3. The Morgan fingerprint density at radius 3 is 2.21 bits per heavy atom. The fourth-order valence-electron chi connectivity index (χ4n) is 2.65. The van der Waals surface area contributed by atoms with Crippen LogP contribution in [0.15, 0.2) is 78.9 Å². The molecule has 0 aliphatic heterocycles. The lowest BCUT2D eigenvalue weighted by molar-refractivity contribution is 0.0600. The number of carbonyl (C=O) groups is 2. The molecule has 3 aromatic rings. The maximum Gasteiger partial charge on any atom is 0.337 e. The molecule has 5 heteroatoms. The van der Waals surface area contributed by atoms with Crippen molar-refractivity contribution in [3.63, 3.8) is 0 Å². The van der Waals surface area contributed by atoms with Crippen LogP contribution in [-0.4, -0.2) is 19.0 Å². The summed E-state index contributed by atoms with van der Waals surface area (Å²) in [5.74, 6) is 0.101. The molecule has 0 aromatic heterocycles. The van der Waals surface area contributed by atoms with Gasteiger partial charge in [0.2, 0.25) is 0 Å². The number of methoxy groups -OCH3 is 1. The summed E-state index contributed by atoms with van der Waals surface area (Å²) < 4.78 is 10.5. The monoisotopic (exact) mass is 375 g/mol. The van der Waals surface area contributed by atoms with Gasteiger partial charge >= 0.3 is 5.97 Å². The van der Waals surface area contributed by atoms with E-state index in [1.54, 1.807) is 24.3 Å². The first kappa shape index (κ1) is 19.2. The van der Waals surface area contributed by atoms with E-state index in [0.29, 0.717) is 24.3 Å². The van der Waals surface area contributed by atoms with Crippen molar-refractivity contribution in [1.82, 2.24) is 5.32 Å². The van der Waals surface area contributed by atoms with E-state index in [2.05, 4.69) is 10.1 Å². The second kappa shape index (κ2) is 9.37. The number of ether oxygens (including phenoxy) is 2. The quantitative estimate of drug-likeness (QED) is 0.635. The molecule has 0 aliphatic carbocycles. The molecule has 0 spiro atoms. The molecule has 0 bridgehead atoms. The van der Waals surface area contributed by atoms with E-state index in [1.165, 1.54) is 7.11 Å². The fraction of sp³-hybridized carbons (Fsp3) is 0.130. The summed E-state index contributed by atoms with van der Waals surface area (Å²) >= 11 is 0. The van der Waals surface area contributed by atoms with Gasteiger partial charge in [-0.25, -0.2) is 4.79 Å². The number of amides is 1. The van der Waals surface area contributed by atoms with Crippen molar-refractivity contribution >= 4 is 11.9 Å². The van der Waals surface area contributed by atoms with Crippen molar-refractivity contribution in [2.45, 2.75) is 13.2 Å². The largest absolute Gasteiger partial charge is 0.489 e. The molecule has 1 N–H and O–H groups in total. The van der Waals surface area contributed by atoms with Crippen molar-refractivity contribution < 1.29 is 19.1 Å². The molecule has 3 rings (SSSR count). The molecular formula is C23H21NO4. The summed E-state index contributed by atoms with van der Waals surface area (Å²) in [6.45, 7) is 0.864. The Hall–Kier alpha value is -3.60. The van der Waals surface area contributed by atoms with Crippen LogP contribution >= 0.6 is 0 Å². The summed E-state index contributed by atoms with van der Waals surface area (Å²) in [5, 5.41) is 2.87. The first-order chi connectivity index (χ1) is 13.7. The zero-order valence-corrected chi connectivity index (χ0v) is 15.6. The molecule has 3 aromatic carbocycles. The van der Waals surface area contributed by atoms with Crippen LogP contribution in [0, 0.1) is 0 Å². The third kappa shape index (κ3) is 5.20. The Bertz CT molecular complexity index is 936. The predicted molar refractivity (Wildman–Crippen MR) is 106 cm³/mol. The van der Waals surface area contributed by atoms with Crippen molar-refractivity contribution in [2.75, 3.05) is 7.11 Å². The van der Waals surface area contributed by atoms with Crippen LogP contribution in [0.5, 0.6) is 5.75 Å². The van der Waals surface area contributed by atoms with Crippen LogP contribution < -0.4 is 10.1 Å².